The molecule has 8 heteroatoms. The molecule has 0 unspecified atom stereocenters. The van der Waals surface area contributed by atoms with Crippen molar-refractivity contribution >= 4 is 33.6 Å². The van der Waals surface area contributed by atoms with Crippen molar-refractivity contribution < 1.29 is 17.9 Å². The number of sulfonamides is 1. The molecule has 0 saturated carbocycles. The molecule has 4 rings (SSSR count). The highest BCUT2D eigenvalue weighted by Gasteiger charge is 2.25. The van der Waals surface area contributed by atoms with Crippen LogP contribution < -0.4 is 10.1 Å². The van der Waals surface area contributed by atoms with Crippen LogP contribution in [0.1, 0.15) is 30.4 Å². The van der Waals surface area contributed by atoms with Gasteiger partial charge in [0.1, 0.15) is 12.4 Å². The molecule has 6 nitrogen and oxygen atoms in total. The SMILES string of the molecule is O=C(C=CC1=Cc2cc(Cl)ccc2OC1)NCc1cccc(S(=O)(=O)N2CCCCC2)c1. The van der Waals surface area contributed by atoms with Gasteiger partial charge < -0.3 is 10.1 Å². The van der Waals surface area contributed by atoms with Crippen LogP contribution in [0, 0.1) is 0 Å². The van der Waals surface area contributed by atoms with Gasteiger partial charge in [0, 0.05) is 36.3 Å². The molecule has 0 aromatic heterocycles. The highest BCUT2D eigenvalue weighted by atomic mass is 35.5. The van der Waals surface area contributed by atoms with E-state index >= 15 is 0 Å². The predicted molar refractivity (Wildman–Crippen MR) is 125 cm³/mol. The number of nitrogens with zero attached hydrogens (tertiary/aromatic N) is 1. The highest BCUT2D eigenvalue weighted by Crippen LogP contribution is 2.29. The lowest BCUT2D eigenvalue weighted by molar-refractivity contribution is -0.116. The first-order chi connectivity index (χ1) is 15.4. The summed E-state index contributed by atoms with van der Waals surface area (Å²) in [5, 5.41) is 3.42. The largest absolute Gasteiger partial charge is 0.488 e. The molecule has 2 aliphatic heterocycles. The van der Waals surface area contributed by atoms with Crippen LogP contribution in [0.3, 0.4) is 0 Å². The number of ether oxygens (including phenoxy) is 1. The van der Waals surface area contributed by atoms with Crippen LogP contribution in [0.15, 0.2) is 65.1 Å². The number of benzene rings is 2. The molecule has 0 atom stereocenters. The smallest absolute Gasteiger partial charge is 0.244 e. The van der Waals surface area contributed by atoms with E-state index in [4.69, 9.17) is 16.3 Å². The van der Waals surface area contributed by atoms with E-state index in [9.17, 15) is 13.2 Å². The number of rotatable bonds is 6. The molecular formula is C24H25ClN2O4S. The first-order valence-electron chi connectivity index (χ1n) is 10.6. The number of hydrogen-bond donors (Lipinski definition) is 1. The molecule has 168 valence electrons. The fourth-order valence-electron chi connectivity index (χ4n) is 3.76. The number of amides is 1. The molecule has 1 fully saturated rings. The number of carbonyl (C=O) groups excluding carboxylic acids is 1. The normalized spacial score (nSPS) is 16.8. The second kappa shape index (κ2) is 9.90. The molecule has 2 aliphatic rings. The van der Waals surface area contributed by atoms with Gasteiger partial charge in [-0.3, -0.25) is 4.79 Å². The topological polar surface area (TPSA) is 75.7 Å². The van der Waals surface area contributed by atoms with Gasteiger partial charge in [-0.2, -0.15) is 4.31 Å². The Kier molecular flexibility index (Phi) is 6.98. The van der Waals surface area contributed by atoms with E-state index in [-0.39, 0.29) is 17.3 Å². The van der Waals surface area contributed by atoms with E-state index in [2.05, 4.69) is 5.32 Å². The van der Waals surface area contributed by atoms with Crippen molar-refractivity contribution in [2.45, 2.75) is 30.7 Å². The Morgan fingerprint density at radius 3 is 2.75 bits per heavy atom. The molecule has 0 bridgehead atoms. The van der Waals surface area contributed by atoms with Crippen LogP contribution in [0.25, 0.3) is 6.08 Å². The second-order valence-electron chi connectivity index (χ2n) is 7.85. The third kappa shape index (κ3) is 5.41. The summed E-state index contributed by atoms with van der Waals surface area (Å²) in [5.74, 6) is 0.488. The van der Waals surface area contributed by atoms with E-state index < -0.39 is 10.0 Å². The zero-order chi connectivity index (χ0) is 22.6. The number of piperidine rings is 1. The maximum Gasteiger partial charge on any atom is 0.244 e. The maximum absolute atomic E-state index is 12.9. The minimum atomic E-state index is -3.50. The quantitative estimate of drug-likeness (QED) is 0.640. The molecule has 2 aromatic rings. The number of fused-ring (bicyclic) bond motifs is 1. The molecule has 1 N–H and O–H groups in total. The Morgan fingerprint density at radius 2 is 1.94 bits per heavy atom. The van der Waals surface area contributed by atoms with Gasteiger partial charge in [0.2, 0.25) is 15.9 Å². The van der Waals surface area contributed by atoms with Crippen LogP contribution in [0.4, 0.5) is 0 Å². The zero-order valence-corrected chi connectivity index (χ0v) is 19.2. The molecule has 2 heterocycles. The highest BCUT2D eigenvalue weighted by molar-refractivity contribution is 7.89. The summed E-state index contributed by atoms with van der Waals surface area (Å²) in [7, 11) is -3.50. The van der Waals surface area contributed by atoms with Gasteiger partial charge in [0.25, 0.3) is 0 Å². The minimum absolute atomic E-state index is 0.237. The van der Waals surface area contributed by atoms with Gasteiger partial charge in [0.15, 0.2) is 0 Å². The Balaban J connectivity index is 1.37. The molecule has 0 spiro atoms. The molecule has 32 heavy (non-hydrogen) atoms. The van der Waals surface area contributed by atoms with E-state index in [1.807, 2.05) is 18.2 Å². The molecule has 0 radical (unpaired) electrons. The Labute approximate surface area is 193 Å². The number of carbonyl (C=O) groups is 1. The lowest BCUT2D eigenvalue weighted by Crippen LogP contribution is -2.35. The predicted octanol–water partition coefficient (Wildman–Crippen LogP) is 4.16. The van der Waals surface area contributed by atoms with Crippen molar-refractivity contribution in [3.63, 3.8) is 0 Å². The first-order valence-corrected chi connectivity index (χ1v) is 12.4. The molecule has 2 aromatic carbocycles. The lowest BCUT2D eigenvalue weighted by atomic mass is 10.1. The molecule has 0 aliphatic carbocycles. The summed E-state index contributed by atoms with van der Waals surface area (Å²) in [6.07, 6.45) is 7.93. The van der Waals surface area contributed by atoms with Crippen molar-refractivity contribution in [1.29, 1.82) is 0 Å². The minimum Gasteiger partial charge on any atom is -0.488 e. The van der Waals surface area contributed by atoms with Gasteiger partial charge >= 0.3 is 0 Å². The van der Waals surface area contributed by atoms with Crippen LogP contribution in [-0.4, -0.2) is 38.3 Å². The standard InChI is InChI=1S/C24H25ClN2O4S/c25-21-8-9-23-20(15-21)13-19(17-31-23)7-10-24(28)26-16-18-5-4-6-22(14-18)32(29,30)27-11-2-1-3-12-27/h4-10,13-15H,1-3,11-12,16-17H2,(H,26,28). The maximum atomic E-state index is 12.9. The summed E-state index contributed by atoms with van der Waals surface area (Å²) in [4.78, 5) is 12.5. The summed E-state index contributed by atoms with van der Waals surface area (Å²) >= 11 is 6.03. The summed E-state index contributed by atoms with van der Waals surface area (Å²) < 4.78 is 33.0. The molecule has 1 saturated heterocycles. The van der Waals surface area contributed by atoms with Crippen LogP contribution >= 0.6 is 11.6 Å². The Bertz CT molecular complexity index is 1170. The van der Waals surface area contributed by atoms with E-state index in [0.717, 1.165) is 41.7 Å². The third-order valence-electron chi connectivity index (χ3n) is 5.47. The van der Waals surface area contributed by atoms with Crippen molar-refractivity contribution in [3.8, 4) is 5.75 Å². The summed E-state index contributed by atoms with van der Waals surface area (Å²) in [5.41, 5.74) is 2.45. The van der Waals surface area contributed by atoms with Gasteiger partial charge in [-0.1, -0.05) is 36.2 Å². The lowest BCUT2D eigenvalue weighted by Gasteiger charge is -2.26. The number of nitrogens with one attached hydrogen (secondary N) is 1. The van der Waals surface area contributed by atoms with E-state index in [1.165, 1.54) is 6.08 Å². The van der Waals surface area contributed by atoms with Gasteiger partial charge in [-0.05, 0) is 60.4 Å². The number of hydrogen-bond acceptors (Lipinski definition) is 4. The van der Waals surface area contributed by atoms with Crippen molar-refractivity contribution in [2.24, 2.45) is 0 Å². The van der Waals surface area contributed by atoms with Crippen LogP contribution in [0.5, 0.6) is 5.75 Å². The van der Waals surface area contributed by atoms with E-state index in [1.54, 1.807) is 40.7 Å². The fraction of sp³-hybridized carbons (Fsp3) is 0.292. The van der Waals surface area contributed by atoms with Gasteiger partial charge in [-0.25, -0.2) is 8.42 Å². The zero-order valence-electron chi connectivity index (χ0n) is 17.6. The molecular weight excluding hydrogens is 448 g/mol. The fourth-order valence-corrected chi connectivity index (χ4v) is 5.53. The average molecular weight is 473 g/mol. The monoisotopic (exact) mass is 472 g/mol. The molecule has 1 amide bonds. The van der Waals surface area contributed by atoms with Crippen molar-refractivity contribution in [3.05, 3.63) is 76.3 Å². The Morgan fingerprint density at radius 1 is 1.12 bits per heavy atom. The summed E-state index contributed by atoms with van der Waals surface area (Å²) in [6, 6.07) is 12.2. The number of halogens is 1. The van der Waals surface area contributed by atoms with Gasteiger partial charge in [-0.15, -0.1) is 0 Å². The van der Waals surface area contributed by atoms with E-state index in [0.29, 0.717) is 24.7 Å². The second-order valence-corrected chi connectivity index (χ2v) is 10.2. The average Bonchev–Trinajstić information content (AvgIpc) is 2.82. The van der Waals surface area contributed by atoms with Crippen molar-refractivity contribution in [2.75, 3.05) is 19.7 Å². The summed E-state index contributed by atoms with van der Waals surface area (Å²) in [6.45, 7) is 1.73. The van der Waals surface area contributed by atoms with Gasteiger partial charge in [0.05, 0.1) is 4.90 Å². The first kappa shape index (κ1) is 22.6. The van der Waals surface area contributed by atoms with Crippen molar-refractivity contribution in [1.82, 2.24) is 9.62 Å². The van der Waals surface area contributed by atoms with Crippen LogP contribution in [-0.2, 0) is 21.4 Å². The Hall–Kier alpha value is -2.61. The van der Waals surface area contributed by atoms with Crippen LogP contribution in [0.2, 0.25) is 5.02 Å². The third-order valence-corrected chi connectivity index (χ3v) is 7.60.